The van der Waals surface area contributed by atoms with E-state index in [2.05, 4.69) is 46.4 Å². The minimum atomic E-state index is -0.672. The number of nitrogens with zero attached hydrogens (tertiary/aromatic N) is 6. The zero-order valence-electron chi connectivity index (χ0n) is 17.7. The van der Waals surface area contributed by atoms with Gasteiger partial charge >= 0.3 is 0 Å². The molecule has 0 spiro atoms. The van der Waals surface area contributed by atoms with Gasteiger partial charge in [0.1, 0.15) is 24.1 Å². The van der Waals surface area contributed by atoms with Crippen molar-refractivity contribution in [1.29, 1.82) is 0 Å². The lowest BCUT2D eigenvalue weighted by atomic mass is 10.2. The summed E-state index contributed by atoms with van der Waals surface area (Å²) in [7, 11) is 0. The van der Waals surface area contributed by atoms with Gasteiger partial charge in [-0.25, -0.2) is 19.6 Å². The highest BCUT2D eigenvalue weighted by molar-refractivity contribution is 7.18. The van der Waals surface area contributed by atoms with E-state index in [0.29, 0.717) is 29.1 Å². The van der Waals surface area contributed by atoms with Crippen LogP contribution in [-0.2, 0) is 6.42 Å². The molecule has 3 aromatic heterocycles. The van der Waals surface area contributed by atoms with E-state index in [1.165, 1.54) is 12.4 Å². The Kier molecular flexibility index (Phi) is 5.35. The maximum absolute atomic E-state index is 10.1. The molecule has 4 heterocycles. The molecular formula is C23H23N7OS. The van der Waals surface area contributed by atoms with E-state index in [-0.39, 0.29) is 6.04 Å². The quantitative estimate of drug-likeness (QED) is 0.367. The lowest BCUT2D eigenvalue weighted by molar-refractivity contribution is 0.0586. The van der Waals surface area contributed by atoms with E-state index in [1.54, 1.807) is 11.3 Å². The molecule has 0 radical (unpaired) electrons. The number of hydrogen-bond donors (Lipinski definition) is 2. The lowest BCUT2D eigenvalue weighted by Crippen LogP contribution is -2.31. The molecule has 5 rings (SSSR count). The first-order valence-corrected chi connectivity index (χ1v) is 11.3. The molecule has 1 saturated heterocycles. The van der Waals surface area contributed by atoms with E-state index in [4.69, 9.17) is 10.8 Å². The van der Waals surface area contributed by atoms with Gasteiger partial charge in [0, 0.05) is 18.7 Å². The number of aliphatic hydroxyl groups is 1. The van der Waals surface area contributed by atoms with Crippen LogP contribution >= 0.6 is 11.3 Å². The van der Waals surface area contributed by atoms with E-state index >= 15 is 0 Å². The summed E-state index contributed by atoms with van der Waals surface area (Å²) in [6, 6.07) is 6.11. The van der Waals surface area contributed by atoms with Crippen molar-refractivity contribution in [3.63, 3.8) is 0 Å². The van der Waals surface area contributed by atoms with Crippen LogP contribution < -0.4 is 5.73 Å². The second-order valence-corrected chi connectivity index (χ2v) is 8.85. The standard InChI is InChI=1S/C23H23N7OS/c1-3-19-27-17-11-14(6-8-18(17)32-19)5-7-16-21-22(24)25-13-26-23(21)30(28-16)15-9-10-29(12-15)20(31)4-2/h4,6,8,11,13,15,20,31H,2-3,9-10,12H2,1H3,(H2,24,25,26)/t15-,20?/m0/s1. The molecule has 1 aliphatic heterocycles. The van der Waals surface area contributed by atoms with Crippen molar-refractivity contribution >= 4 is 38.4 Å². The fourth-order valence-corrected chi connectivity index (χ4v) is 4.92. The van der Waals surface area contributed by atoms with Crippen LogP contribution in [0.2, 0.25) is 0 Å². The fraction of sp³-hybridized carbons (Fsp3) is 0.304. The Bertz CT molecular complexity index is 1380. The summed E-state index contributed by atoms with van der Waals surface area (Å²) in [6.07, 6.45) is 4.06. The van der Waals surface area contributed by atoms with Crippen molar-refractivity contribution in [3.05, 3.63) is 53.4 Å². The van der Waals surface area contributed by atoms with Gasteiger partial charge < -0.3 is 10.8 Å². The van der Waals surface area contributed by atoms with Gasteiger partial charge in [-0.05, 0) is 43.0 Å². The molecule has 8 nitrogen and oxygen atoms in total. The van der Waals surface area contributed by atoms with Crippen molar-refractivity contribution in [1.82, 2.24) is 29.6 Å². The van der Waals surface area contributed by atoms with E-state index < -0.39 is 6.23 Å². The average molecular weight is 446 g/mol. The molecule has 0 amide bonds. The molecule has 2 atom stereocenters. The van der Waals surface area contributed by atoms with Crippen molar-refractivity contribution < 1.29 is 5.11 Å². The van der Waals surface area contributed by atoms with Gasteiger partial charge in [-0.1, -0.05) is 19.4 Å². The van der Waals surface area contributed by atoms with E-state index in [9.17, 15) is 5.11 Å². The van der Waals surface area contributed by atoms with E-state index in [0.717, 1.165) is 40.2 Å². The molecule has 4 aromatic rings. The number of anilines is 1. The van der Waals surface area contributed by atoms with Crippen LogP contribution in [0.3, 0.4) is 0 Å². The average Bonchev–Trinajstić information content (AvgIpc) is 3.53. The topological polar surface area (TPSA) is 106 Å². The van der Waals surface area contributed by atoms with Gasteiger partial charge in [0.05, 0.1) is 26.7 Å². The molecule has 1 fully saturated rings. The Morgan fingerprint density at radius 3 is 3.06 bits per heavy atom. The predicted molar refractivity (Wildman–Crippen MR) is 126 cm³/mol. The predicted octanol–water partition coefficient (Wildman–Crippen LogP) is 2.73. The largest absolute Gasteiger partial charge is 0.383 e. The van der Waals surface area contributed by atoms with Gasteiger partial charge in [-0.3, -0.25) is 4.90 Å². The number of rotatable bonds is 4. The first kappa shape index (κ1) is 20.6. The van der Waals surface area contributed by atoms with Crippen LogP contribution in [0, 0.1) is 11.8 Å². The monoisotopic (exact) mass is 445 g/mol. The van der Waals surface area contributed by atoms with Crippen molar-refractivity contribution in [2.75, 3.05) is 18.8 Å². The molecule has 0 saturated carbocycles. The third-order valence-corrected chi connectivity index (χ3v) is 6.88. The smallest absolute Gasteiger partial charge is 0.164 e. The third kappa shape index (κ3) is 3.62. The molecule has 32 heavy (non-hydrogen) atoms. The molecule has 1 aromatic carbocycles. The second kappa shape index (κ2) is 8.31. The number of likely N-dealkylation sites (tertiary alicyclic amines) is 1. The first-order chi connectivity index (χ1) is 15.6. The maximum Gasteiger partial charge on any atom is 0.164 e. The Morgan fingerprint density at radius 1 is 1.38 bits per heavy atom. The van der Waals surface area contributed by atoms with E-state index in [1.807, 2.05) is 21.7 Å². The number of benzene rings is 1. The molecule has 1 aliphatic rings. The molecule has 1 unspecified atom stereocenters. The number of aryl methyl sites for hydroxylation is 1. The number of fused-ring (bicyclic) bond motifs is 2. The zero-order chi connectivity index (χ0) is 22.2. The summed E-state index contributed by atoms with van der Waals surface area (Å²) in [5.74, 6) is 6.73. The van der Waals surface area contributed by atoms with Gasteiger partial charge in [0.25, 0.3) is 0 Å². The Balaban J connectivity index is 1.52. The van der Waals surface area contributed by atoms with Gasteiger partial charge in [-0.2, -0.15) is 5.10 Å². The molecule has 0 aliphatic carbocycles. The van der Waals surface area contributed by atoms with Crippen LogP contribution in [0.15, 0.2) is 37.2 Å². The fourth-order valence-electron chi connectivity index (χ4n) is 4.03. The molecule has 9 heteroatoms. The minimum absolute atomic E-state index is 0.0516. The first-order valence-electron chi connectivity index (χ1n) is 10.5. The van der Waals surface area contributed by atoms with Crippen LogP contribution in [-0.4, -0.2) is 54.1 Å². The summed E-state index contributed by atoms with van der Waals surface area (Å²) in [4.78, 5) is 15.2. The normalized spacial score (nSPS) is 17.5. The SMILES string of the molecule is C=CC(O)N1CC[C@H](n2nc(C#Cc3ccc4sc(CC)nc4c3)c3c(N)ncnc32)C1. The Morgan fingerprint density at radius 2 is 2.25 bits per heavy atom. The van der Waals surface area contributed by atoms with Crippen LogP contribution in [0.25, 0.3) is 21.3 Å². The number of thiazole rings is 1. The number of aromatic nitrogens is 5. The summed E-state index contributed by atoms with van der Waals surface area (Å²) in [6.45, 7) is 7.16. The van der Waals surface area contributed by atoms with Crippen LogP contribution in [0.4, 0.5) is 5.82 Å². The molecule has 0 bridgehead atoms. The Hall–Kier alpha value is -3.32. The highest BCUT2D eigenvalue weighted by atomic mass is 32.1. The molecule has 3 N–H and O–H groups in total. The number of hydrogen-bond acceptors (Lipinski definition) is 8. The van der Waals surface area contributed by atoms with Crippen LogP contribution in [0.5, 0.6) is 0 Å². The highest BCUT2D eigenvalue weighted by Gasteiger charge is 2.30. The maximum atomic E-state index is 10.1. The third-order valence-electron chi connectivity index (χ3n) is 5.70. The van der Waals surface area contributed by atoms with Crippen LogP contribution in [0.1, 0.15) is 35.7 Å². The zero-order valence-corrected chi connectivity index (χ0v) is 18.5. The number of nitrogen functional groups attached to an aromatic ring is 1. The summed E-state index contributed by atoms with van der Waals surface area (Å²) in [5, 5.41) is 16.6. The number of nitrogens with two attached hydrogens (primary N) is 1. The second-order valence-electron chi connectivity index (χ2n) is 7.73. The Labute approximate surface area is 189 Å². The van der Waals surface area contributed by atoms with Gasteiger partial charge in [0.15, 0.2) is 5.65 Å². The number of aliphatic hydroxyl groups excluding tert-OH is 1. The summed E-state index contributed by atoms with van der Waals surface area (Å²) in [5.41, 5.74) is 9.22. The van der Waals surface area contributed by atoms with Crippen molar-refractivity contribution in [2.45, 2.75) is 32.0 Å². The van der Waals surface area contributed by atoms with Gasteiger partial charge in [-0.15, -0.1) is 11.3 Å². The summed E-state index contributed by atoms with van der Waals surface area (Å²) >= 11 is 1.71. The highest BCUT2D eigenvalue weighted by Crippen LogP contribution is 2.29. The van der Waals surface area contributed by atoms with Gasteiger partial charge in [0.2, 0.25) is 0 Å². The summed E-state index contributed by atoms with van der Waals surface area (Å²) < 4.78 is 3.02. The van der Waals surface area contributed by atoms with Crippen molar-refractivity contribution in [3.8, 4) is 11.8 Å². The van der Waals surface area contributed by atoms with Crippen molar-refractivity contribution in [2.24, 2.45) is 0 Å². The minimum Gasteiger partial charge on any atom is -0.383 e. The molecular weight excluding hydrogens is 422 g/mol. The lowest BCUT2D eigenvalue weighted by Gasteiger charge is -2.19. The molecule has 162 valence electrons.